The molecule has 1 saturated heterocycles. The summed E-state index contributed by atoms with van der Waals surface area (Å²) in [5.41, 5.74) is 3.64. The first-order valence-corrected chi connectivity index (χ1v) is 18.6. The van der Waals surface area contributed by atoms with E-state index in [0.29, 0.717) is 36.8 Å². The molecule has 0 spiro atoms. The van der Waals surface area contributed by atoms with Gasteiger partial charge in [0.15, 0.2) is 23.1 Å². The third kappa shape index (κ3) is 10.4. The molecule has 2 heterocycles. The van der Waals surface area contributed by atoms with Crippen molar-refractivity contribution >= 4 is 29.1 Å². The van der Waals surface area contributed by atoms with Gasteiger partial charge >= 0.3 is 0 Å². The van der Waals surface area contributed by atoms with E-state index < -0.39 is 11.7 Å². The molecule has 12 nitrogen and oxygen atoms in total. The number of amides is 2. The molecule has 288 valence electrons. The lowest BCUT2D eigenvalue weighted by atomic mass is 10.1. The van der Waals surface area contributed by atoms with Gasteiger partial charge in [-0.1, -0.05) is 31.2 Å². The minimum atomic E-state index is -0.530. The number of nitrogens with zero attached hydrogens (tertiary/aromatic N) is 5. The molecular formula is C41H52FN7O5. The molecule has 1 aliphatic heterocycles. The number of ether oxygens (including phenoxy) is 3. The van der Waals surface area contributed by atoms with Crippen LogP contribution in [-0.2, 0) is 11.2 Å². The van der Waals surface area contributed by atoms with Gasteiger partial charge in [-0.05, 0) is 81.6 Å². The van der Waals surface area contributed by atoms with Crippen LogP contribution < -0.4 is 24.8 Å². The Bertz CT molecular complexity index is 1880. The minimum Gasteiger partial charge on any atom is -0.493 e. The van der Waals surface area contributed by atoms with Gasteiger partial charge in [0.1, 0.15) is 12.2 Å². The maximum absolute atomic E-state index is 15.2. The molecule has 0 aliphatic carbocycles. The van der Waals surface area contributed by atoms with E-state index in [2.05, 4.69) is 37.3 Å². The fourth-order valence-corrected chi connectivity index (χ4v) is 6.39. The molecule has 5 rings (SSSR count). The van der Waals surface area contributed by atoms with Crippen LogP contribution in [0.1, 0.15) is 54.2 Å². The number of halogens is 1. The minimum absolute atomic E-state index is 0.000129. The summed E-state index contributed by atoms with van der Waals surface area (Å²) in [4.78, 5) is 42.0. The average molecular weight is 742 g/mol. The van der Waals surface area contributed by atoms with Crippen LogP contribution >= 0.6 is 0 Å². The maximum atomic E-state index is 15.2. The molecule has 0 saturated carbocycles. The van der Waals surface area contributed by atoms with Crippen molar-refractivity contribution in [3.63, 3.8) is 0 Å². The Balaban J connectivity index is 1.34. The predicted molar refractivity (Wildman–Crippen MR) is 209 cm³/mol. The Morgan fingerprint density at radius 2 is 1.57 bits per heavy atom. The number of piperazine rings is 1. The number of para-hydroxylation sites is 1. The van der Waals surface area contributed by atoms with E-state index in [1.807, 2.05) is 45.9 Å². The fraction of sp³-hybridized carbons (Fsp3) is 0.415. The van der Waals surface area contributed by atoms with Gasteiger partial charge in [-0.15, -0.1) is 0 Å². The van der Waals surface area contributed by atoms with Gasteiger partial charge in [0.25, 0.3) is 5.91 Å². The highest BCUT2D eigenvalue weighted by Crippen LogP contribution is 2.35. The zero-order valence-electron chi connectivity index (χ0n) is 32.2. The first kappa shape index (κ1) is 39.9. The fourth-order valence-electron chi connectivity index (χ4n) is 6.39. The number of aryl methyl sites for hydroxylation is 2. The van der Waals surface area contributed by atoms with Gasteiger partial charge in [0.05, 0.1) is 13.5 Å². The highest BCUT2D eigenvalue weighted by atomic mass is 19.1. The summed E-state index contributed by atoms with van der Waals surface area (Å²) in [5, 5.41) is 5.99. The molecule has 2 amide bonds. The predicted octanol–water partition coefficient (Wildman–Crippen LogP) is 6.85. The number of likely N-dealkylation sites (N-methyl/N-ethyl adjacent to an activating group) is 1. The summed E-state index contributed by atoms with van der Waals surface area (Å²) < 4.78 is 32.9. The van der Waals surface area contributed by atoms with Crippen LogP contribution in [0.3, 0.4) is 0 Å². The standard InChI is InChI=1S/C41H52FN7O5/c1-7-17-47-18-20-48(21-19-47)22-23-53-34-16-14-31(26-33(34)42)44-41-43-27-32(39(51)45-38-28(4)11-10-12-29(38)5)40(46-41)54-35-15-13-30(24-36(35)52-6)25-37(50)49(8-2)9-3/h10-16,24,26-27H,7-9,17-23,25H2,1-6H3,(H,45,51)(H,43,44,46). The van der Waals surface area contributed by atoms with Crippen molar-refractivity contribution in [3.05, 3.63) is 88.9 Å². The molecule has 1 fully saturated rings. The normalized spacial score (nSPS) is 13.3. The summed E-state index contributed by atoms with van der Waals surface area (Å²) in [6.07, 6.45) is 2.70. The largest absolute Gasteiger partial charge is 0.493 e. The number of carbonyl (C=O) groups is 2. The SMILES string of the molecule is CCCN1CCN(CCOc2ccc(Nc3ncc(C(=O)Nc4c(C)cccc4C)c(Oc4ccc(CC(=O)N(CC)CC)cc4OC)n3)cc2F)CC1. The molecule has 0 atom stereocenters. The summed E-state index contributed by atoms with van der Waals surface area (Å²) in [6.45, 7) is 17.4. The summed E-state index contributed by atoms with van der Waals surface area (Å²) >= 11 is 0. The second kappa shape index (κ2) is 19.2. The summed E-state index contributed by atoms with van der Waals surface area (Å²) in [6, 6.07) is 15.5. The highest BCUT2D eigenvalue weighted by Gasteiger charge is 2.22. The first-order valence-electron chi connectivity index (χ1n) is 18.6. The van der Waals surface area contributed by atoms with E-state index >= 15 is 4.39 Å². The van der Waals surface area contributed by atoms with Crippen molar-refractivity contribution in [2.24, 2.45) is 0 Å². The number of benzene rings is 3. The van der Waals surface area contributed by atoms with Crippen LogP contribution in [-0.4, -0.2) is 103 Å². The Morgan fingerprint density at radius 1 is 0.889 bits per heavy atom. The zero-order valence-corrected chi connectivity index (χ0v) is 32.2. The topological polar surface area (TPSA) is 121 Å². The van der Waals surface area contributed by atoms with Gasteiger partial charge in [0.2, 0.25) is 17.7 Å². The number of methoxy groups -OCH3 is 1. The van der Waals surface area contributed by atoms with Crippen LogP contribution in [0.4, 0.5) is 21.7 Å². The Morgan fingerprint density at radius 3 is 2.22 bits per heavy atom. The van der Waals surface area contributed by atoms with E-state index in [4.69, 9.17) is 14.2 Å². The number of hydrogen-bond donors (Lipinski definition) is 2. The Hall–Kier alpha value is -5.27. The summed E-state index contributed by atoms with van der Waals surface area (Å²) in [7, 11) is 1.50. The third-order valence-electron chi connectivity index (χ3n) is 9.48. The van der Waals surface area contributed by atoms with E-state index in [9.17, 15) is 9.59 Å². The highest BCUT2D eigenvalue weighted by molar-refractivity contribution is 6.06. The average Bonchev–Trinajstić information content (AvgIpc) is 3.16. The molecule has 3 aromatic carbocycles. The van der Waals surface area contributed by atoms with Crippen LogP contribution in [0.15, 0.2) is 60.8 Å². The van der Waals surface area contributed by atoms with Gasteiger partial charge in [-0.3, -0.25) is 14.5 Å². The first-order chi connectivity index (χ1) is 26.1. The van der Waals surface area contributed by atoms with E-state index in [1.54, 1.807) is 35.2 Å². The number of aromatic nitrogens is 2. The lowest BCUT2D eigenvalue weighted by Gasteiger charge is -2.34. The number of carbonyl (C=O) groups excluding carboxylic acids is 2. The molecular weight excluding hydrogens is 689 g/mol. The molecule has 54 heavy (non-hydrogen) atoms. The second-order valence-corrected chi connectivity index (χ2v) is 13.3. The van der Waals surface area contributed by atoms with Gasteiger partial charge in [0, 0.05) is 69.5 Å². The van der Waals surface area contributed by atoms with Crippen LogP contribution in [0, 0.1) is 19.7 Å². The lowest BCUT2D eigenvalue weighted by molar-refractivity contribution is -0.130. The Labute approximate surface area is 317 Å². The molecule has 1 aliphatic rings. The van der Waals surface area contributed by atoms with E-state index in [-0.39, 0.29) is 41.2 Å². The molecule has 0 bridgehead atoms. The van der Waals surface area contributed by atoms with Crippen molar-refractivity contribution in [2.75, 3.05) is 76.7 Å². The van der Waals surface area contributed by atoms with Crippen LogP contribution in [0.25, 0.3) is 0 Å². The smallest absolute Gasteiger partial charge is 0.262 e. The number of nitrogens with one attached hydrogen (secondary N) is 2. The van der Waals surface area contributed by atoms with Crippen molar-refractivity contribution in [1.29, 1.82) is 0 Å². The van der Waals surface area contributed by atoms with Crippen LogP contribution in [0.2, 0.25) is 0 Å². The Kier molecular flexibility index (Phi) is 14.2. The van der Waals surface area contributed by atoms with Crippen molar-refractivity contribution in [3.8, 4) is 23.1 Å². The lowest BCUT2D eigenvalue weighted by Crippen LogP contribution is -2.47. The van der Waals surface area contributed by atoms with Crippen molar-refractivity contribution in [1.82, 2.24) is 24.7 Å². The van der Waals surface area contributed by atoms with E-state index in [1.165, 1.54) is 19.4 Å². The maximum Gasteiger partial charge on any atom is 0.262 e. The van der Waals surface area contributed by atoms with Gasteiger partial charge in [-0.2, -0.15) is 4.98 Å². The van der Waals surface area contributed by atoms with Gasteiger partial charge < -0.3 is 34.6 Å². The quantitative estimate of drug-likeness (QED) is 0.119. The number of rotatable bonds is 17. The summed E-state index contributed by atoms with van der Waals surface area (Å²) in [5.74, 6) is -0.212. The number of anilines is 3. The monoisotopic (exact) mass is 741 g/mol. The molecule has 0 radical (unpaired) electrons. The molecule has 13 heteroatoms. The van der Waals surface area contributed by atoms with E-state index in [0.717, 1.165) is 62.4 Å². The molecule has 0 unspecified atom stereocenters. The van der Waals surface area contributed by atoms with Crippen LogP contribution in [0.5, 0.6) is 23.1 Å². The molecule has 2 N–H and O–H groups in total. The van der Waals surface area contributed by atoms with Gasteiger partial charge in [-0.25, -0.2) is 9.37 Å². The molecule has 4 aromatic rings. The van der Waals surface area contributed by atoms with Crippen molar-refractivity contribution in [2.45, 2.75) is 47.5 Å². The van der Waals surface area contributed by atoms with Crippen molar-refractivity contribution < 1.29 is 28.2 Å². The third-order valence-corrected chi connectivity index (χ3v) is 9.48. The number of hydrogen-bond acceptors (Lipinski definition) is 10. The second-order valence-electron chi connectivity index (χ2n) is 13.3. The zero-order chi connectivity index (χ0) is 38.6. The molecule has 1 aromatic heterocycles.